The van der Waals surface area contributed by atoms with Gasteiger partial charge in [0, 0.05) is 6.07 Å². The molecule has 2 aromatic rings. The molecule has 4 nitrogen and oxygen atoms in total. The van der Waals surface area contributed by atoms with Crippen LogP contribution < -0.4 is 10.5 Å². The maximum atomic E-state index is 11.1. The third kappa shape index (κ3) is 6.08. The SMILES string of the molecule is CCOC(=O)c1ccc[n+](N)c1.Cc1cc(C)cc(C)c1. The number of hydrogen-bond donors (Lipinski definition) is 1. The molecule has 0 atom stereocenters. The molecule has 0 spiro atoms. The minimum Gasteiger partial charge on any atom is -0.462 e. The molecular formula is C17H23N2O2+. The topological polar surface area (TPSA) is 56.2 Å². The van der Waals surface area contributed by atoms with E-state index in [2.05, 4.69) is 39.0 Å². The van der Waals surface area contributed by atoms with Crippen molar-refractivity contribution in [3.8, 4) is 0 Å². The number of pyridine rings is 1. The third-order valence-corrected chi connectivity index (χ3v) is 2.70. The van der Waals surface area contributed by atoms with Crippen molar-refractivity contribution >= 4 is 5.97 Å². The molecule has 0 bridgehead atoms. The van der Waals surface area contributed by atoms with Crippen molar-refractivity contribution in [1.29, 1.82) is 0 Å². The van der Waals surface area contributed by atoms with E-state index in [0.717, 1.165) is 0 Å². The van der Waals surface area contributed by atoms with Crippen molar-refractivity contribution in [1.82, 2.24) is 0 Å². The van der Waals surface area contributed by atoms with Crippen LogP contribution in [0.1, 0.15) is 34.0 Å². The Morgan fingerprint density at radius 2 is 1.67 bits per heavy atom. The number of benzene rings is 1. The Hall–Kier alpha value is -2.36. The standard InChI is InChI=1S/C9H12.C8H11N2O2/c1-7-4-8(2)6-9(3)5-7;1-2-12-8(11)7-4-3-5-10(9)6-7/h4-6H,1-3H3;3-6H,2,9H2,1H3/q;+1. The van der Waals surface area contributed by atoms with Gasteiger partial charge in [0.2, 0.25) is 6.20 Å². The molecule has 1 aromatic heterocycles. The van der Waals surface area contributed by atoms with E-state index in [0.29, 0.717) is 12.2 Å². The number of aryl methyl sites for hydroxylation is 3. The normalized spacial score (nSPS) is 9.52. The zero-order chi connectivity index (χ0) is 15.8. The summed E-state index contributed by atoms with van der Waals surface area (Å²) in [6, 6.07) is 9.90. The molecule has 0 aliphatic rings. The van der Waals surface area contributed by atoms with Crippen LogP contribution in [0.4, 0.5) is 0 Å². The first-order valence-corrected chi connectivity index (χ1v) is 6.90. The minimum absolute atomic E-state index is 0.350. The number of nitrogen functional groups attached to an aromatic ring is 1. The van der Waals surface area contributed by atoms with E-state index in [9.17, 15) is 4.79 Å². The Morgan fingerprint density at radius 1 is 1.14 bits per heavy atom. The van der Waals surface area contributed by atoms with Crippen LogP contribution in [0.25, 0.3) is 0 Å². The number of aromatic nitrogens is 1. The molecule has 112 valence electrons. The second-order valence-electron chi connectivity index (χ2n) is 4.93. The molecule has 1 heterocycles. The summed E-state index contributed by atoms with van der Waals surface area (Å²) >= 11 is 0. The van der Waals surface area contributed by atoms with Crippen LogP contribution in [0.5, 0.6) is 0 Å². The monoisotopic (exact) mass is 287 g/mol. The molecule has 0 amide bonds. The minimum atomic E-state index is -0.350. The van der Waals surface area contributed by atoms with Crippen LogP contribution in [0, 0.1) is 20.8 Å². The quantitative estimate of drug-likeness (QED) is 0.524. The molecule has 0 saturated heterocycles. The van der Waals surface area contributed by atoms with Gasteiger partial charge in [0.25, 0.3) is 0 Å². The predicted molar refractivity (Wildman–Crippen MR) is 83.4 cm³/mol. The lowest BCUT2D eigenvalue weighted by molar-refractivity contribution is -0.639. The summed E-state index contributed by atoms with van der Waals surface area (Å²) in [7, 11) is 0. The maximum Gasteiger partial charge on any atom is 0.344 e. The highest BCUT2D eigenvalue weighted by Crippen LogP contribution is 2.06. The second kappa shape index (κ2) is 8.04. The van der Waals surface area contributed by atoms with E-state index in [1.54, 1.807) is 25.3 Å². The number of nitrogens with zero attached hydrogens (tertiary/aromatic N) is 1. The zero-order valence-electron chi connectivity index (χ0n) is 13.1. The molecule has 0 aliphatic carbocycles. The van der Waals surface area contributed by atoms with Crippen LogP contribution in [-0.4, -0.2) is 12.6 Å². The fraction of sp³-hybridized carbons (Fsp3) is 0.294. The molecule has 2 rings (SSSR count). The van der Waals surface area contributed by atoms with Gasteiger partial charge in [-0.25, -0.2) is 10.6 Å². The van der Waals surface area contributed by atoms with Gasteiger partial charge in [-0.05, 0) is 33.8 Å². The molecule has 0 unspecified atom stereocenters. The van der Waals surface area contributed by atoms with E-state index >= 15 is 0 Å². The molecule has 21 heavy (non-hydrogen) atoms. The highest BCUT2D eigenvalue weighted by atomic mass is 16.5. The summed E-state index contributed by atoms with van der Waals surface area (Å²) in [4.78, 5) is 11.1. The number of rotatable bonds is 2. The molecular weight excluding hydrogens is 264 g/mol. The summed E-state index contributed by atoms with van der Waals surface area (Å²) in [5.74, 6) is 5.05. The molecule has 0 radical (unpaired) electrons. The summed E-state index contributed by atoms with van der Waals surface area (Å²) in [6.07, 6.45) is 3.15. The van der Waals surface area contributed by atoms with Crippen molar-refractivity contribution in [3.05, 3.63) is 65.0 Å². The fourth-order valence-electron chi connectivity index (χ4n) is 2.03. The number of esters is 1. The first-order valence-electron chi connectivity index (χ1n) is 6.90. The summed E-state index contributed by atoms with van der Waals surface area (Å²) in [5.41, 5.74) is 4.52. The van der Waals surface area contributed by atoms with Gasteiger partial charge in [0.1, 0.15) is 5.56 Å². The molecule has 4 heteroatoms. The van der Waals surface area contributed by atoms with Gasteiger partial charge in [-0.1, -0.05) is 39.6 Å². The van der Waals surface area contributed by atoms with E-state index in [4.69, 9.17) is 10.6 Å². The van der Waals surface area contributed by atoms with Gasteiger partial charge in [0.15, 0.2) is 6.20 Å². The van der Waals surface area contributed by atoms with Crippen molar-refractivity contribution in [2.75, 3.05) is 12.4 Å². The van der Waals surface area contributed by atoms with Crippen molar-refractivity contribution in [2.24, 2.45) is 0 Å². The lowest BCUT2D eigenvalue weighted by Crippen LogP contribution is -2.44. The van der Waals surface area contributed by atoms with Crippen LogP contribution in [0.2, 0.25) is 0 Å². The number of hydrogen-bond acceptors (Lipinski definition) is 3. The largest absolute Gasteiger partial charge is 0.462 e. The van der Waals surface area contributed by atoms with Crippen LogP contribution in [-0.2, 0) is 4.74 Å². The Labute approximate surface area is 126 Å². The molecule has 0 aliphatic heterocycles. The number of nitrogens with two attached hydrogens (primary N) is 1. The van der Waals surface area contributed by atoms with E-state index in [1.165, 1.54) is 27.6 Å². The Bertz CT molecular complexity index is 559. The highest BCUT2D eigenvalue weighted by molar-refractivity contribution is 5.88. The van der Waals surface area contributed by atoms with Crippen LogP contribution in [0.3, 0.4) is 0 Å². The third-order valence-electron chi connectivity index (χ3n) is 2.70. The van der Waals surface area contributed by atoms with Crippen molar-refractivity contribution < 1.29 is 14.2 Å². The summed E-state index contributed by atoms with van der Waals surface area (Å²) in [6.45, 7) is 8.51. The Kier molecular flexibility index (Phi) is 6.40. The lowest BCUT2D eigenvalue weighted by Gasteiger charge is -1.98. The molecule has 1 aromatic carbocycles. The fourth-order valence-corrected chi connectivity index (χ4v) is 2.03. The predicted octanol–water partition coefficient (Wildman–Crippen LogP) is 2.48. The van der Waals surface area contributed by atoms with Gasteiger partial charge >= 0.3 is 5.97 Å². The molecule has 0 saturated carbocycles. The van der Waals surface area contributed by atoms with Crippen molar-refractivity contribution in [2.45, 2.75) is 27.7 Å². The molecule has 2 N–H and O–H groups in total. The van der Waals surface area contributed by atoms with E-state index in [-0.39, 0.29) is 5.97 Å². The average molecular weight is 287 g/mol. The van der Waals surface area contributed by atoms with E-state index in [1.807, 2.05) is 0 Å². The average Bonchev–Trinajstić information content (AvgIpc) is 2.38. The Morgan fingerprint density at radius 3 is 2.10 bits per heavy atom. The van der Waals surface area contributed by atoms with E-state index < -0.39 is 0 Å². The lowest BCUT2D eigenvalue weighted by atomic mass is 10.1. The van der Waals surface area contributed by atoms with Gasteiger partial charge in [-0.2, -0.15) is 0 Å². The van der Waals surface area contributed by atoms with Crippen LogP contribution >= 0.6 is 0 Å². The van der Waals surface area contributed by atoms with Crippen LogP contribution in [0.15, 0.2) is 42.7 Å². The maximum absolute atomic E-state index is 11.1. The first kappa shape index (κ1) is 16.7. The summed E-state index contributed by atoms with van der Waals surface area (Å²) < 4.78 is 6.09. The smallest absolute Gasteiger partial charge is 0.344 e. The highest BCUT2D eigenvalue weighted by Gasteiger charge is 2.09. The van der Waals surface area contributed by atoms with Gasteiger partial charge in [-0.15, -0.1) is 0 Å². The van der Waals surface area contributed by atoms with Gasteiger partial charge in [-0.3, -0.25) is 0 Å². The molecule has 0 fully saturated rings. The summed E-state index contributed by atoms with van der Waals surface area (Å²) in [5, 5.41) is 0. The van der Waals surface area contributed by atoms with Crippen molar-refractivity contribution in [3.63, 3.8) is 0 Å². The number of ether oxygens (including phenoxy) is 1. The van der Waals surface area contributed by atoms with Gasteiger partial charge < -0.3 is 4.74 Å². The number of carbonyl (C=O) groups excluding carboxylic acids is 1. The first-order chi connectivity index (χ1) is 9.92. The second-order valence-corrected chi connectivity index (χ2v) is 4.93. The Balaban J connectivity index is 0.000000219. The number of carbonyl (C=O) groups is 1. The zero-order valence-corrected chi connectivity index (χ0v) is 13.1. The van der Waals surface area contributed by atoms with Gasteiger partial charge in [0.05, 0.1) is 6.61 Å².